The van der Waals surface area contributed by atoms with E-state index in [-0.39, 0.29) is 21.7 Å². The van der Waals surface area contributed by atoms with E-state index in [1.54, 1.807) is 22.3 Å². The van der Waals surface area contributed by atoms with E-state index in [1.807, 2.05) is 0 Å². The van der Waals surface area contributed by atoms with E-state index in [9.17, 15) is 0 Å². The molecule has 0 N–H and O–H groups in total. The van der Waals surface area contributed by atoms with Crippen LogP contribution in [-0.2, 0) is 34.5 Å². The molecule has 0 fully saturated rings. The molecule has 0 bridgehead atoms. The molecule has 0 saturated heterocycles. The van der Waals surface area contributed by atoms with Crippen molar-refractivity contribution >= 4 is 0 Å². The van der Waals surface area contributed by atoms with Crippen LogP contribution in [0.3, 0.4) is 0 Å². The van der Waals surface area contributed by atoms with Crippen LogP contribution in [0.5, 0.6) is 0 Å². The molecule has 0 radical (unpaired) electrons. The number of fused-ring (bicyclic) bond motifs is 2. The lowest BCUT2D eigenvalue weighted by atomic mass is 9.62. The number of unbranched alkanes of at least 4 members (excludes halogenated alkanes) is 2. The van der Waals surface area contributed by atoms with Crippen LogP contribution in [-0.4, -0.2) is 0 Å². The van der Waals surface area contributed by atoms with Crippen LogP contribution < -0.4 is 0 Å². The lowest BCUT2D eigenvalue weighted by Gasteiger charge is -2.42. The average molecular weight is 849 g/mol. The standard InChI is InChI=1S/C63H92/c1-16-20-44(3)55(48(7)47(6)52-29-25-50(26-30-52)40-46(5)54-32-34-57-59(42-54)63(14,15)38-36-61(57,10)11)22-19-17-18-21-43(2)51-27-23-49(24-28-51)39-45(4)53-31-33-56-58(41-53)62(12,13)37-35-60(56,8)9/h23-34,41-48,55H,16-22,35-40H2,1-15H3. The second-order valence-corrected chi connectivity index (χ2v) is 24.5. The molecule has 4 aromatic carbocycles. The summed E-state index contributed by atoms with van der Waals surface area (Å²) in [4.78, 5) is 0. The molecular formula is C63H92. The Labute approximate surface area is 389 Å². The third-order valence-electron chi connectivity index (χ3n) is 17.6. The molecule has 0 spiro atoms. The SMILES string of the molecule is CCCC(C)C(CCCCCC(C)c1ccc(CC(C)c2ccc3c(c2)C(C)(C)CCC3(C)C)cc1)C(C)C(C)c1ccc(CC(C)c2ccc3c(c2)C(C)(C)CCC3(C)C)cc1. The van der Waals surface area contributed by atoms with Crippen molar-refractivity contribution in [3.05, 3.63) is 141 Å². The molecule has 2 aliphatic rings. The second-order valence-electron chi connectivity index (χ2n) is 24.5. The fraction of sp³-hybridized carbons (Fsp3) is 0.619. The highest BCUT2D eigenvalue weighted by atomic mass is 14.4. The van der Waals surface area contributed by atoms with Gasteiger partial charge in [0, 0.05) is 0 Å². The quantitative estimate of drug-likeness (QED) is 0.0825. The van der Waals surface area contributed by atoms with Crippen molar-refractivity contribution in [1.29, 1.82) is 0 Å². The zero-order valence-corrected chi connectivity index (χ0v) is 43.3. The molecule has 7 unspecified atom stereocenters. The molecule has 6 rings (SSSR count). The van der Waals surface area contributed by atoms with Crippen molar-refractivity contribution in [2.75, 3.05) is 0 Å². The predicted octanol–water partition coefficient (Wildman–Crippen LogP) is 18.6. The van der Waals surface area contributed by atoms with E-state index in [2.05, 4.69) is 189 Å². The van der Waals surface area contributed by atoms with Crippen LogP contribution >= 0.6 is 0 Å². The van der Waals surface area contributed by atoms with Crippen molar-refractivity contribution < 1.29 is 0 Å². The monoisotopic (exact) mass is 849 g/mol. The van der Waals surface area contributed by atoms with Crippen molar-refractivity contribution in [2.24, 2.45) is 17.8 Å². The van der Waals surface area contributed by atoms with E-state index in [1.165, 1.54) is 104 Å². The molecule has 0 nitrogen and oxygen atoms in total. The third-order valence-corrected chi connectivity index (χ3v) is 17.6. The highest BCUT2D eigenvalue weighted by Gasteiger charge is 2.38. The number of hydrogen-bond donors (Lipinski definition) is 0. The minimum Gasteiger partial charge on any atom is -0.0654 e. The number of benzene rings is 4. The first-order valence-electron chi connectivity index (χ1n) is 26.1. The van der Waals surface area contributed by atoms with Gasteiger partial charge in [0.2, 0.25) is 0 Å². The first-order valence-corrected chi connectivity index (χ1v) is 26.1. The number of hydrogen-bond acceptors (Lipinski definition) is 0. The Balaban J connectivity index is 0.978. The van der Waals surface area contributed by atoms with Crippen LogP contribution in [0.4, 0.5) is 0 Å². The molecule has 4 aromatic rings. The van der Waals surface area contributed by atoms with E-state index in [0.29, 0.717) is 29.6 Å². The molecule has 2 aliphatic carbocycles. The fourth-order valence-corrected chi connectivity index (χ4v) is 12.3. The van der Waals surface area contributed by atoms with E-state index in [0.717, 1.165) is 24.7 Å². The summed E-state index contributed by atoms with van der Waals surface area (Å²) in [6, 6.07) is 34.4. The van der Waals surface area contributed by atoms with E-state index >= 15 is 0 Å². The first kappa shape index (κ1) is 49.3. The molecule has 0 heterocycles. The van der Waals surface area contributed by atoms with Gasteiger partial charge in [-0.05, 0) is 170 Å². The van der Waals surface area contributed by atoms with Gasteiger partial charge in [-0.25, -0.2) is 0 Å². The summed E-state index contributed by atoms with van der Waals surface area (Å²) in [5.74, 6) is 4.41. The van der Waals surface area contributed by atoms with Crippen molar-refractivity contribution in [3.63, 3.8) is 0 Å². The van der Waals surface area contributed by atoms with Crippen molar-refractivity contribution in [1.82, 2.24) is 0 Å². The van der Waals surface area contributed by atoms with Gasteiger partial charge in [0.1, 0.15) is 0 Å². The Hall–Kier alpha value is -3.12. The lowest BCUT2D eigenvalue weighted by molar-refractivity contribution is 0.198. The first-order chi connectivity index (χ1) is 29.6. The predicted molar refractivity (Wildman–Crippen MR) is 277 cm³/mol. The molecular weight excluding hydrogens is 757 g/mol. The lowest BCUT2D eigenvalue weighted by Crippen LogP contribution is -2.34. The topological polar surface area (TPSA) is 0 Å². The smallest absolute Gasteiger partial charge is 0.0100 e. The van der Waals surface area contributed by atoms with Crippen LogP contribution in [0.15, 0.2) is 84.9 Å². The minimum absolute atomic E-state index is 0.257. The van der Waals surface area contributed by atoms with Crippen LogP contribution in [0.2, 0.25) is 0 Å². The molecule has 0 amide bonds. The minimum atomic E-state index is 0.257. The Bertz CT molecular complexity index is 2070. The van der Waals surface area contributed by atoms with Crippen LogP contribution in [0.1, 0.15) is 254 Å². The van der Waals surface area contributed by atoms with Gasteiger partial charge < -0.3 is 0 Å². The van der Waals surface area contributed by atoms with Crippen LogP contribution in [0, 0.1) is 17.8 Å². The van der Waals surface area contributed by atoms with Gasteiger partial charge in [-0.3, -0.25) is 0 Å². The van der Waals surface area contributed by atoms with Gasteiger partial charge in [-0.15, -0.1) is 0 Å². The molecule has 0 aromatic heterocycles. The zero-order chi connectivity index (χ0) is 45.9. The summed E-state index contributed by atoms with van der Waals surface area (Å²) < 4.78 is 0. The highest BCUT2D eigenvalue weighted by molar-refractivity contribution is 5.46. The maximum Gasteiger partial charge on any atom is -0.0100 e. The molecule has 63 heavy (non-hydrogen) atoms. The van der Waals surface area contributed by atoms with Gasteiger partial charge in [-0.2, -0.15) is 0 Å². The van der Waals surface area contributed by atoms with E-state index < -0.39 is 0 Å². The van der Waals surface area contributed by atoms with Gasteiger partial charge in [-0.1, -0.05) is 221 Å². The normalized spacial score (nSPS) is 20.7. The maximum atomic E-state index is 2.57. The Morgan fingerprint density at radius 3 is 1.25 bits per heavy atom. The summed E-state index contributed by atoms with van der Waals surface area (Å²) in [6.45, 7) is 36.8. The summed E-state index contributed by atoms with van der Waals surface area (Å²) in [7, 11) is 0. The summed E-state index contributed by atoms with van der Waals surface area (Å²) in [5.41, 5.74) is 16.3. The maximum absolute atomic E-state index is 2.57. The van der Waals surface area contributed by atoms with Crippen LogP contribution in [0.25, 0.3) is 0 Å². The summed E-state index contributed by atoms with van der Waals surface area (Å²) in [6.07, 6.45) is 16.6. The largest absolute Gasteiger partial charge is 0.0654 e. The third kappa shape index (κ3) is 11.6. The number of rotatable bonds is 19. The van der Waals surface area contributed by atoms with E-state index in [4.69, 9.17) is 0 Å². The van der Waals surface area contributed by atoms with Gasteiger partial charge in [0.25, 0.3) is 0 Å². The fourth-order valence-electron chi connectivity index (χ4n) is 12.3. The van der Waals surface area contributed by atoms with Gasteiger partial charge >= 0.3 is 0 Å². The molecule has 7 atom stereocenters. The molecule has 0 heteroatoms. The molecule has 0 saturated carbocycles. The van der Waals surface area contributed by atoms with Crippen molar-refractivity contribution in [3.8, 4) is 0 Å². The Morgan fingerprint density at radius 2 is 0.810 bits per heavy atom. The average Bonchev–Trinajstić information content (AvgIpc) is 3.25. The second kappa shape index (κ2) is 20.2. The van der Waals surface area contributed by atoms with Gasteiger partial charge in [0.05, 0.1) is 0 Å². The Morgan fingerprint density at radius 1 is 0.413 bits per heavy atom. The summed E-state index contributed by atoms with van der Waals surface area (Å²) in [5, 5.41) is 0. The molecule has 0 aliphatic heterocycles. The Kier molecular flexibility index (Phi) is 15.8. The van der Waals surface area contributed by atoms with Crippen molar-refractivity contribution in [2.45, 2.75) is 233 Å². The summed E-state index contributed by atoms with van der Waals surface area (Å²) >= 11 is 0. The highest BCUT2D eigenvalue weighted by Crippen LogP contribution is 2.48. The van der Waals surface area contributed by atoms with Gasteiger partial charge in [0.15, 0.2) is 0 Å². The molecule has 344 valence electrons. The zero-order valence-electron chi connectivity index (χ0n) is 43.3.